The highest BCUT2D eigenvalue weighted by molar-refractivity contribution is 7.99. The van der Waals surface area contributed by atoms with Gasteiger partial charge < -0.3 is 10.2 Å². The molecule has 0 saturated heterocycles. The van der Waals surface area contributed by atoms with Crippen molar-refractivity contribution in [2.75, 3.05) is 32.9 Å². The van der Waals surface area contributed by atoms with Gasteiger partial charge in [0.25, 0.3) is 0 Å². The Bertz CT molecular complexity index is 174. The van der Waals surface area contributed by atoms with Crippen molar-refractivity contribution < 1.29 is 4.79 Å². The van der Waals surface area contributed by atoms with E-state index in [-0.39, 0.29) is 5.91 Å². The van der Waals surface area contributed by atoms with Crippen LogP contribution in [0.2, 0.25) is 0 Å². The third-order valence-corrected chi connectivity index (χ3v) is 3.08. The van der Waals surface area contributed by atoms with E-state index in [9.17, 15) is 4.79 Å². The van der Waals surface area contributed by atoms with E-state index in [1.54, 1.807) is 0 Å². The van der Waals surface area contributed by atoms with Gasteiger partial charge >= 0.3 is 0 Å². The minimum atomic E-state index is 0.185. The van der Waals surface area contributed by atoms with E-state index in [0.29, 0.717) is 11.7 Å². The normalized spacial score (nSPS) is 12.9. The average molecular weight is 232 g/mol. The smallest absolute Gasteiger partial charge is 0.221 e. The first kappa shape index (κ1) is 14.8. The molecule has 15 heavy (non-hydrogen) atoms. The molecule has 0 aromatic rings. The van der Waals surface area contributed by atoms with Crippen molar-refractivity contribution in [2.45, 2.75) is 31.9 Å². The number of hydrogen-bond acceptors (Lipinski definition) is 3. The number of hydrogen-bond donors (Lipinski definition) is 1. The van der Waals surface area contributed by atoms with E-state index in [4.69, 9.17) is 0 Å². The molecule has 0 spiro atoms. The van der Waals surface area contributed by atoms with Gasteiger partial charge in [-0.2, -0.15) is 11.8 Å². The molecule has 0 aliphatic carbocycles. The first-order valence-electron chi connectivity index (χ1n) is 5.63. The van der Waals surface area contributed by atoms with Crippen LogP contribution in [-0.2, 0) is 4.79 Å². The fourth-order valence-corrected chi connectivity index (χ4v) is 2.51. The van der Waals surface area contributed by atoms with Crippen molar-refractivity contribution in [3.63, 3.8) is 0 Å². The van der Waals surface area contributed by atoms with Gasteiger partial charge in [0.1, 0.15) is 0 Å². The zero-order valence-corrected chi connectivity index (χ0v) is 11.2. The molecular weight excluding hydrogens is 208 g/mol. The second kappa shape index (κ2) is 9.04. The van der Waals surface area contributed by atoms with E-state index < -0.39 is 0 Å². The summed E-state index contributed by atoms with van der Waals surface area (Å²) in [6, 6.07) is 0. The number of carbonyl (C=O) groups excluding carboxylic acids is 1. The Labute approximate surface area is 98.0 Å². The highest BCUT2D eigenvalue weighted by atomic mass is 32.2. The maximum atomic E-state index is 11.5. The number of nitrogens with one attached hydrogen (secondary N) is 1. The van der Waals surface area contributed by atoms with Crippen molar-refractivity contribution in [1.82, 2.24) is 10.2 Å². The molecule has 0 bridgehead atoms. The van der Waals surface area contributed by atoms with Crippen LogP contribution in [0.15, 0.2) is 0 Å². The van der Waals surface area contributed by atoms with E-state index in [1.165, 1.54) is 0 Å². The topological polar surface area (TPSA) is 32.3 Å². The van der Waals surface area contributed by atoms with E-state index in [0.717, 1.165) is 25.3 Å². The van der Waals surface area contributed by atoms with Crippen molar-refractivity contribution in [3.05, 3.63) is 0 Å². The molecule has 0 fully saturated rings. The van der Waals surface area contributed by atoms with Gasteiger partial charge in [-0.15, -0.1) is 0 Å². The number of rotatable bonds is 8. The third-order valence-electron chi connectivity index (χ3n) is 1.96. The molecule has 0 aromatic heterocycles. The summed E-state index contributed by atoms with van der Waals surface area (Å²) in [7, 11) is 4.10. The summed E-state index contributed by atoms with van der Waals surface area (Å²) >= 11 is 1.86. The maximum Gasteiger partial charge on any atom is 0.221 e. The van der Waals surface area contributed by atoms with Gasteiger partial charge in [0, 0.05) is 24.8 Å². The SMILES string of the molecule is CCCNC(=O)CC(CN(C)C)SCC. The lowest BCUT2D eigenvalue weighted by atomic mass is 10.2. The van der Waals surface area contributed by atoms with E-state index >= 15 is 0 Å². The van der Waals surface area contributed by atoms with Crippen LogP contribution in [0.5, 0.6) is 0 Å². The third kappa shape index (κ3) is 8.75. The maximum absolute atomic E-state index is 11.5. The summed E-state index contributed by atoms with van der Waals surface area (Å²) in [5.41, 5.74) is 0. The van der Waals surface area contributed by atoms with Crippen LogP contribution in [0.3, 0.4) is 0 Å². The van der Waals surface area contributed by atoms with Crippen LogP contribution in [0.4, 0.5) is 0 Å². The number of thioether (sulfide) groups is 1. The van der Waals surface area contributed by atoms with Crippen LogP contribution in [0.1, 0.15) is 26.7 Å². The predicted molar refractivity (Wildman–Crippen MR) is 68.4 cm³/mol. The van der Waals surface area contributed by atoms with Gasteiger partial charge in [0.05, 0.1) is 0 Å². The van der Waals surface area contributed by atoms with Crippen molar-refractivity contribution in [1.29, 1.82) is 0 Å². The van der Waals surface area contributed by atoms with Gasteiger partial charge in [-0.3, -0.25) is 4.79 Å². The summed E-state index contributed by atoms with van der Waals surface area (Å²) in [4.78, 5) is 13.7. The fourth-order valence-electron chi connectivity index (χ4n) is 1.36. The first-order valence-corrected chi connectivity index (χ1v) is 6.68. The van der Waals surface area contributed by atoms with E-state index in [1.807, 2.05) is 25.9 Å². The summed E-state index contributed by atoms with van der Waals surface area (Å²) in [6.07, 6.45) is 1.64. The molecule has 0 aromatic carbocycles. The highest BCUT2D eigenvalue weighted by Gasteiger charge is 2.13. The quantitative estimate of drug-likeness (QED) is 0.690. The Morgan fingerprint density at radius 3 is 2.53 bits per heavy atom. The van der Waals surface area contributed by atoms with Crippen LogP contribution >= 0.6 is 11.8 Å². The minimum absolute atomic E-state index is 0.185. The average Bonchev–Trinajstić information content (AvgIpc) is 2.14. The molecule has 1 atom stereocenters. The fraction of sp³-hybridized carbons (Fsp3) is 0.909. The Morgan fingerprint density at radius 2 is 2.07 bits per heavy atom. The number of amides is 1. The molecule has 0 heterocycles. The molecule has 90 valence electrons. The lowest BCUT2D eigenvalue weighted by Crippen LogP contribution is -2.31. The molecular formula is C11H24N2OS. The highest BCUT2D eigenvalue weighted by Crippen LogP contribution is 2.14. The lowest BCUT2D eigenvalue weighted by Gasteiger charge is -2.19. The first-order chi connectivity index (χ1) is 7.10. The molecule has 0 radical (unpaired) electrons. The number of nitrogens with zero attached hydrogens (tertiary/aromatic N) is 1. The summed E-state index contributed by atoms with van der Waals surface area (Å²) in [6.45, 7) is 5.97. The van der Waals surface area contributed by atoms with Gasteiger partial charge in [-0.1, -0.05) is 13.8 Å². The van der Waals surface area contributed by atoms with Gasteiger partial charge in [0.15, 0.2) is 0 Å². The molecule has 3 nitrogen and oxygen atoms in total. The number of carbonyl (C=O) groups is 1. The largest absolute Gasteiger partial charge is 0.356 e. The predicted octanol–water partition coefficient (Wildman–Crippen LogP) is 1.59. The summed E-state index contributed by atoms with van der Waals surface area (Å²) < 4.78 is 0. The molecule has 1 N–H and O–H groups in total. The van der Waals surface area contributed by atoms with Crippen LogP contribution in [0.25, 0.3) is 0 Å². The zero-order chi connectivity index (χ0) is 11.7. The monoisotopic (exact) mass is 232 g/mol. The van der Waals surface area contributed by atoms with Crippen LogP contribution in [-0.4, -0.2) is 49.0 Å². The van der Waals surface area contributed by atoms with E-state index in [2.05, 4.69) is 24.1 Å². The molecule has 1 unspecified atom stereocenters. The molecule has 1 amide bonds. The second-order valence-corrected chi connectivity index (χ2v) is 5.47. The Kier molecular flexibility index (Phi) is 8.91. The van der Waals surface area contributed by atoms with Gasteiger partial charge in [-0.05, 0) is 26.3 Å². The van der Waals surface area contributed by atoms with Gasteiger partial charge in [-0.25, -0.2) is 0 Å². The van der Waals surface area contributed by atoms with Gasteiger partial charge in [0.2, 0.25) is 5.91 Å². The Hall–Kier alpha value is -0.220. The van der Waals surface area contributed by atoms with Crippen molar-refractivity contribution >= 4 is 17.7 Å². The molecule has 4 heteroatoms. The minimum Gasteiger partial charge on any atom is -0.356 e. The van der Waals surface area contributed by atoms with Crippen molar-refractivity contribution in [3.8, 4) is 0 Å². The van der Waals surface area contributed by atoms with Crippen molar-refractivity contribution in [2.24, 2.45) is 0 Å². The Balaban J connectivity index is 3.86. The molecule has 0 rings (SSSR count). The molecule has 0 aliphatic heterocycles. The van der Waals surface area contributed by atoms with Crippen LogP contribution < -0.4 is 5.32 Å². The second-order valence-electron chi connectivity index (χ2n) is 3.89. The Morgan fingerprint density at radius 1 is 1.40 bits per heavy atom. The zero-order valence-electron chi connectivity index (χ0n) is 10.4. The standard InChI is InChI=1S/C11H24N2OS/c1-5-7-12-11(14)8-10(15-6-2)9-13(3)4/h10H,5-9H2,1-4H3,(H,12,14). The molecule has 0 saturated carbocycles. The summed E-state index contributed by atoms with van der Waals surface area (Å²) in [5.74, 6) is 1.25. The molecule has 0 aliphatic rings. The summed E-state index contributed by atoms with van der Waals surface area (Å²) in [5, 5.41) is 3.34. The van der Waals surface area contributed by atoms with Crippen LogP contribution in [0, 0.1) is 0 Å². The lowest BCUT2D eigenvalue weighted by molar-refractivity contribution is -0.121.